The molecule has 2 amide bonds. The first-order valence-corrected chi connectivity index (χ1v) is 12.2. The second-order valence-corrected chi connectivity index (χ2v) is 9.38. The predicted molar refractivity (Wildman–Crippen MR) is 133 cm³/mol. The van der Waals surface area contributed by atoms with Crippen LogP contribution < -0.4 is 10.2 Å². The van der Waals surface area contributed by atoms with Crippen molar-refractivity contribution in [3.63, 3.8) is 0 Å². The van der Waals surface area contributed by atoms with Crippen LogP contribution in [0.5, 0.6) is 0 Å². The van der Waals surface area contributed by atoms with Crippen molar-refractivity contribution in [1.82, 2.24) is 30.0 Å². The highest BCUT2D eigenvalue weighted by Crippen LogP contribution is 2.36. The minimum Gasteiger partial charge on any atom is -0.378 e. The lowest BCUT2D eigenvalue weighted by molar-refractivity contribution is -0.143. The van der Waals surface area contributed by atoms with Crippen LogP contribution in [0.25, 0.3) is 5.82 Å². The Balaban J connectivity index is 1.62. The Morgan fingerprint density at radius 1 is 0.976 bits per heavy atom. The van der Waals surface area contributed by atoms with Crippen molar-refractivity contribution >= 4 is 17.8 Å². The molecule has 2 aromatic heterocycles. The summed E-state index contributed by atoms with van der Waals surface area (Å²) in [6, 6.07) is 2.63. The number of nitrogens with zero attached hydrogens (tertiary/aromatic N) is 6. The molecule has 0 saturated carbocycles. The van der Waals surface area contributed by atoms with Crippen LogP contribution in [0.1, 0.15) is 50.6 Å². The van der Waals surface area contributed by atoms with Crippen LogP contribution in [0, 0.1) is 0 Å². The predicted octanol–water partition coefficient (Wildman–Crippen LogP) is 3.73. The fourth-order valence-corrected chi connectivity index (χ4v) is 3.97. The topological polar surface area (TPSA) is 105 Å². The number of aromatic nitrogens is 4. The first-order valence-electron chi connectivity index (χ1n) is 12.2. The van der Waals surface area contributed by atoms with E-state index in [9.17, 15) is 35.9 Å². The first kappa shape index (κ1) is 29.8. The lowest BCUT2D eigenvalue weighted by atomic mass is 10.0. The van der Waals surface area contributed by atoms with Gasteiger partial charge in [-0.05, 0) is 37.3 Å². The number of alkyl halides is 6. The monoisotopic (exact) mass is 585 g/mol. The molecule has 0 unspecified atom stereocenters. The van der Waals surface area contributed by atoms with Crippen molar-refractivity contribution in [2.24, 2.45) is 0 Å². The summed E-state index contributed by atoms with van der Waals surface area (Å²) < 4.78 is 86.1. The Hall–Kier alpha value is -4.21. The maximum absolute atomic E-state index is 13.3. The molecule has 3 aromatic rings. The molecule has 3 heterocycles. The molecule has 16 heteroatoms. The number of nitrogens with one attached hydrogen (secondary N) is 1. The van der Waals surface area contributed by atoms with E-state index < -0.39 is 41.0 Å². The van der Waals surface area contributed by atoms with E-state index >= 15 is 0 Å². The fourth-order valence-electron chi connectivity index (χ4n) is 3.97. The van der Waals surface area contributed by atoms with Crippen LogP contribution in [0.15, 0.2) is 36.5 Å². The van der Waals surface area contributed by atoms with Gasteiger partial charge in [0.1, 0.15) is 0 Å². The van der Waals surface area contributed by atoms with Crippen LogP contribution >= 0.6 is 0 Å². The van der Waals surface area contributed by atoms with Gasteiger partial charge in [-0.3, -0.25) is 9.59 Å². The minimum atomic E-state index is -5.11. The van der Waals surface area contributed by atoms with E-state index in [2.05, 4.69) is 20.4 Å². The Morgan fingerprint density at radius 3 is 2.10 bits per heavy atom. The molecule has 41 heavy (non-hydrogen) atoms. The molecule has 0 spiro atoms. The van der Waals surface area contributed by atoms with Gasteiger partial charge in [-0.15, -0.1) is 5.10 Å². The zero-order valence-corrected chi connectivity index (χ0v) is 22.0. The summed E-state index contributed by atoms with van der Waals surface area (Å²) in [6.07, 6.45) is -8.87. The molecule has 0 aliphatic carbocycles. The van der Waals surface area contributed by atoms with Crippen LogP contribution in [0.3, 0.4) is 0 Å². The summed E-state index contributed by atoms with van der Waals surface area (Å²) in [5.41, 5.74) is -3.74. The first-order chi connectivity index (χ1) is 19.1. The summed E-state index contributed by atoms with van der Waals surface area (Å²) >= 11 is 0. The molecule has 1 aliphatic heterocycles. The SMILES string of the molecule is C[C@H](NC(=O)c1cc(C(F)(F)F)cc(C(F)(F)F)c1)c1nc(N(C)C)nn1-c1ccc(C(=O)N2CCOCC2)cn1. The number of hydrogen-bond acceptors (Lipinski definition) is 7. The molecule has 0 bridgehead atoms. The number of carbonyl (C=O) groups is 2. The highest BCUT2D eigenvalue weighted by Gasteiger charge is 2.37. The van der Waals surface area contributed by atoms with Crippen molar-refractivity contribution in [2.75, 3.05) is 45.3 Å². The van der Waals surface area contributed by atoms with Crippen molar-refractivity contribution in [2.45, 2.75) is 25.3 Å². The summed E-state index contributed by atoms with van der Waals surface area (Å²) in [7, 11) is 3.29. The van der Waals surface area contributed by atoms with Crippen LogP contribution in [-0.2, 0) is 17.1 Å². The van der Waals surface area contributed by atoms with E-state index in [4.69, 9.17) is 4.74 Å². The highest BCUT2D eigenvalue weighted by molar-refractivity contribution is 5.95. The van der Waals surface area contributed by atoms with Crippen molar-refractivity contribution in [3.05, 3.63) is 64.6 Å². The molecule has 220 valence electrons. The second-order valence-electron chi connectivity index (χ2n) is 9.38. The van der Waals surface area contributed by atoms with E-state index in [1.807, 2.05) is 0 Å². The van der Waals surface area contributed by atoms with Crippen molar-refractivity contribution in [1.29, 1.82) is 0 Å². The third-order valence-electron chi connectivity index (χ3n) is 6.12. The number of morpholine rings is 1. The van der Waals surface area contributed by atoms with E-state index in [0.717, 1.165) is 0 Å². The molecule has 4 rings (SSSR count). The Morgan fingerprint density at radius 2 is 1.59 bits per heavy atom. The molecule has 1 N–H and O–H groups in total. The third-order valence-corrected chi connectivity index (χ3v) is 6.12. The Labute approximate surface area is 229 Å². The average Bonchev–Trinajstić information content (AvgIpc) is 3.38. The van der Waals surface area contributed by atoms with Crippen LogP contribution in [-0.4, -0.2) is 76.9 Å². The normalized spacial score (nSPS) is 15.0. The quantitative estimate of drug-likeness (QED) is 0.440. The van der Waals surface area contributed by atoms with Crippen molar-refractivity contribution < 1.29 is 40.7 Å². The number of rotatable bonds is 6. The van der Waals surface area contributed by atoms with Gasteiger partial charge in [0.05, 0.1) is 35.9 Å². The number of hydrogen-bond donors (Lipinski definition) is 1. The van der Waals surface area contributed by atoms with Gasteiger partial charge in [-0.1, -0.05) is 0 Å². The molecular weight excluding hydrogens is 560 g/mol. The number of benzene rings is 1. The molecule has 10 nitrogen and oxygen atoms in total. The number of pyridine rings is 1. The fraction of sp³-hybridized carbons (Fsp3) is 0.400. The average molecular weight is 586 g/mol. The van der Waals surface area contributed by atoms with Gasteiger partial charge in [0.2, 0.25) is 5.95 Å². The summed E-state index contributed by atoms with van der Waals surface area (Å²) in [6.45, 7) is 3.16. The lowest BCUT2D eigenvalue weighted by Crippen LogP contribution is -2.40. The maximum Gasteiger partial charge on any atom is 0.416 e. The number of carbonyl (C=O) groups excluding carboxylic acids is 2. The van der Waals surface area contributed by atoms with E-state index in [-0.39, 0.29) is 29.6 Å². The van der Waals surface area contributed by atoms with Crippen molar-refractivity contribution in [3.8, 4) is 5.82 Å². The number of anilines is 1. The largest absolute Gasteiger partial charge is 0.416 e. The minimum absolute atomic E-state index is 0.0562. The molecule has 1 atom stereocenters. The molecular formula is C25H25F6N7O3. The Bertz CT molecular complexity index is 1380. The number of halogens is 6. The summed E-state index contributed by atoms with van der Waals surface area (Å²) in [4.78, 5) is 37.4. The van der Waals surface area contributed by atoms with E-state index in [0.29, 0.717) is 44.0 Å². The molecule has 1 saturated heterocycles. The molecule has 0 radical (unpaired) electrons. The smallest absolute Gasteiger partial charge is 0.378 e. The van der Waals surface area contributed by atoms with Crippen LogP contribution in [0.4, 0.5) is 32.3 Å². The molecule has 1 aromatic carbocycles. The zero-order valence-electron chi connectivity index (χ0n) is 22.0. The van der Waals surface area contributed by atoms with Crippen LogP contribution in [0.2, 0.25) is 0 Å². The summed E-state index contributed by atoms with van der Waals surface area (Å²) in [5, 5.41) is 6.74. The highest BCUT2D eigenvalue weighted by atomic mass is 19.4. The molecule has 1 aliphatic rings. The Kier molecular flexibility index (Phi) is 8.24. The lowest BCUT2D eigenvalue weighted by Gasteiger charge is -2.26. The second kappa shape index (κ2) is 11.3. The maximum atomic E-state index is 13.3. The van der Waals surface area contributed by atoms with Gasteiger partial charge >= 0.3 is 12.4 Å². The van der Waals surface area contributed by atoms with Gasteiger partial charge in [0.25, 0.3) is 11.8 Å². The van der Waals surface area contributed by atoms with Gasteiger partial charge < -0.3 is 19.9 Å². The van der Waals surface area contributed by atoms with E-state index in [1.165, 1.54) is 29.9 Å². The molecule has 1 fully saturated rings. The van der Waals surface area contributed by atoms with Gasteiger partial charge in [-0.2, -0.15) is 36.0 Å². The van der Waals surface area contributed by atoms with E-state index in [1.54, 1.807) is 23.9 Å². The van der Waals surface area contributed by atoms with Gasteiger partial charge in [0, 0.05) is 38.9 Å². The number of ether oxygens (including phenoxy) is 1. The van der Waals surface area contributed by atoms with Gasteiger partial charge in [0.15, 0.2) is 11.6 Å². The third kappa shape index (κ3) is 6.75. The number of amides is 2. The van der Waals surface area contributed by atoms with Gasteiger partial charge in [-0.25, -0.2) is 4.98 Å². The summed E-state index contributed by atoms with van der Waals surface area (Å²) in [5.74, 6) is -0.937. The standard InChI is InChI=1S/C25H25F6N7O3/c1-14(33-21(39)16-10-17(24(26,27)28)12-18(11-16)25(29,30)31)20-34-23(36(2)3)35-38(20)19-5-4-15(13-32-19)22(40)37-6-8-41-9-7-37/h4-5,10-14H,6-9H2,1-3H3,(H,33,39)/t14-/m0/s1. The zero-order chi connectivity index (χ0) is 30.1.